The number of ether oxygens (including phenoxy) is 3. The largest absolute Gasteiger partial charge is 0.462 e. The van der Waals surface area contributed by atoms with Gasteiger partial charge in [0.05, 0.1) is 0 Å². The van der Waals surface area contributed by atoms with Crippen molar-refractivity contribution in [3.8, 4) is 0 Å². The third kappa shape index (κ3) is 58.7. The van der Waals surface area contributed by atoms with E-state index >= 15 is 0 Å². The van der Waals surface area contributed by atoms with Crippen LogP contribution in [0, 0.1) is 0 Å². The number of carbonyl (C=O) groups is 3. The monoisotopic (exact) mass is 999 g/mol. The highest BCUT2D eigenvalue weighted by atomic mass is 16.6. The fraction of sp³-hybridized carbons (Fsp3) is 0.892. The first kappa shape index (κ1) is 68.9. The molecule has 0 saturated carbocycles. The number of esters is 3. The van der Waals surface area contributed by atoms with E-state index in [1.807, 2.05) is 0 Å². The Morgan fingerprint density at radius 1 is 0.268 bits per heavy atom. The molecule has 0 aromatic carbocycles. The molecule has 0 aliphatic rings. The van der Waals surface area contributed by atoms with Crippen LogP contribution in [-0.2, 0) is 28.6 Å². The van der Waals surface area contributed by atoms with Crippen LogP contribution in [0.1, 0.15) is 355 Å². The molecule has 0 aliphatic heterocycles. The Hall–Kier alpha value is -2.11. The topological polar surface area (TPSA) is 78.9 Å². The molecule has 0 rings (SSSR count). The zero-order chi connectivity index (χ0) is 51.4. The highest BCUT2D eigenvalue weighted by Crippen LogP contribution is 2.17. The van der Waals surface area contributed by atoms with Crippen molar-refractivity contribution in [1.29, 1.82) is 0 Å². The van der Waals surface area contributed by atoms with Crippen molar-refractivity contribution in [2.75, 3.05) is 13.2 Å². The molecule has 0 radical (unpaired) electrons. The van der Waals surface area contributed by atoms with Gasteiger partial charge in [0.2, 0.25) is 0 Å². The van der Waals surface area contributed by atoms with Gasteiger partial charge < -0.3 is 14.2 Å². The molecule has 0 bridgehead atoms. The van der Waals surface area contributed by atoms with Gasteiger partial charge in [-0.05, 0) is 70.6 Å². The lowest BCUT2D eigenvalue weighted by Crippen LogP contribution is -2.30. The van der Waals surface area contributed by atoms with Gasteiger partial charge >= 0.3 is 17.9 Å². The Morgan fingerprint density at radius 3 is 0.704 bits per heavy atom. The summed E-state index contributed by atoms with van der Waals surface area (Å²) in [6, 6.07) is 0. The van der Waals surface area contributed by atoms with Gasteiger partial charge in [-0.15, -0.1) is 0 Å². The summed E-state index contributed by atoms with van der Waals surface area (Å²) in [6.45, 7) is 6.69. The molecular formula is C65H122O6. The normalized spacial score (nSPS) is 12.1. The minimum absolute atomic E-state index is 0.0701. The minimum atomic E-state index is -0.772. The summed E-state index contributed by atoms with van der Waals surface area (Å²) < 4.78 is 16.9. The van der Waals surface area contributed by atoms with Crippen LogP contribution >= 0.6 is 0 Å². The van der Waals surface area contributed by atoms with Crippen molar-refractivity contribution in [3.63, 3.8) is 0 Å². The van der Waals surface area contributed by atoms with E-state index in [1.165, 1.54) is 257 Å². The lowest BCUT2D eigenvalue weighted by Gasteiger charge is -2.18. The molecule has 418 valence electrons. The number of unbranched alkanes of at least 4 members (excludes halogenated alkanes) is 44. The molecule has 0 amide bonds. The molecule has 6 heteroatoms. The maximum absolute atomic E-state index is 12.9. The van der Waals surface area contributed by atoms with E-state index in [1.54, 1.807) is 0 Å². The van der Waals surface area contributed by atoms with E-state index in [2.05, 4.69) is 45.1 Å². The summed E-state index contributed by atoms with van der Waals surface area (Å²) in [6.07, 6.45) is 71.7. The zero-order valence-corrected chi connectivity index (χ0v) is 48.0. The number of rotatable bonds is 59. The summed E-state index contributed by atoms with van der Waals surface area (Å²) in [7, 11) is 0. The van der Waals surface area contributed by atoms with Crippen LogP contribution < -0.4 is 0 Å². The van der Waals surface area contributed by atoms with Crippen LogP contribution in [0.5, 0.6) is 0 Å². The van der Waals surface area contributed by atoms with Crippen molar-refractivity contribution in [2.45, 2.75) is 361 Å². The molecule has 0 aromatic heterocycles. The molecule has 0 aromatic rings. The summed E-state index contributed by atoms with van der Waals surface area (Å²) in [5.41, 5.74) is 0. The second-order valence-corrected chi connectivity index (χ2v) is 21.7. The van der Waals surface area contributed by atoms with Crippen LogP contribution in [0.2, 0.25) is 0 Å². The van der Waals surface area contributed by atoms with E-state index in [4.69, 9.17) is 14.2 Å². The summed E-state index contributed by atoms with van der Waals surface area (Å²) in [5.74, 6) is -0.852. The van der Waals surface area contributed by atoms with Crippen LogP contribution in [0.4, 0.5) is 0 Å². The average molecular weight is 1000 g/mol. The smallest absolute Gasteiger partial charge is 0.306 e. The van der Waals surface area contributed by atoms with Crippen LogP contribution in [0.25, 0.3) is 0 Å². The average Bonchev–Trinajstić information content (AvgIpc) is 3.37. The Kier molecular flexibility index (Phi) is 58.6. The quantitative estimate of drug-likeness (QED) is 0.0261. The van der Waals surface area contributed by atoms with E-state index in [0.717, 1.165) is 57.8 Å². The Morgan fingerprint density at radius 2 is 0.465 bits per heavy atom. The van der Waals surface area contributed by atoms with Crippen LogP contribution in [0.3, 0.4) is 0 Å². The van der Waals surface area contributed by atoms with Gasteiger partial charge in [0.25, 0.3) is 0 Å². The minimum Gasteiger partial charge on any atom is -0.462 e. The third-order valence-electron chi connectivity index (χ3n) is 14.4. The first-order valence-corrected chi connectivity index (χ1v) is 31.8. The summed E-state index contributed by atoms with van der Waals surface area (Å²) in [4.78, 5) is 38.3. The van der Waals surface area contributed by atoms with Crippen LogP contribution in [-0.4, -0.2) is 37.2 Å². The fourth-order valence-electron chi connectivity index (χ4n) is 9.61. The first-order chi connectivity index (χ1) is 35.0. The molecule has 0 aliphatic carbocycles. The molecule has 1 atom stereocenters. The second kappa shape index (κ2) is 60.4. The van der Waals surface area contributed by atoms with E-state index in [0.29, 0.717) is 19.3 Å². The molecule has 0 N–H and O–H groups in total. The molecule has 0 saturated heterocycles. The van der Waals surface area contributed by atoms with Gasteiger partial charge in [-0.25, -0.2) is 0 Å². The van der Waals surface area contributed by atoms with Crippen molar-refractivity contribution in [3.05, 3.63) is 24.3 Å². The predicted octanol–water partition coefficient (Wildman–Crippen LogP) is 21.4. The highest BCUT2D eigenvalue weighted by molar-refractivity contribution is 5.71. The zero-order valence-electron chi connectivity index (χ0n) is 48.0. The Bertz CT molecular complexity index is 1150. The molecule has 1 unspecified atom stereocenters. The number of hydrogen-bond acceptors (Lipinski definition) is 6. The molecule has 71 heavy (non-hydrogen) atoms. The van der Waals surface area contributed by atoms with Crippen molar-refractivity contribution in [1.82, 2.24) is 0 Å². The number of carbonyl (C=O) groups excluding carboxylic acids is 3. The number of allylic oxidation sites excluding steroid dienone is 4. The molecular weight excluding hydrogens is 877 g/mol. The van der Waals surface area contributed by atoms with Crippen molar-refractivity contribution in [2.24, 2.45) is 0 Å². The second-order valence-electron chi connectivity index (χ2n) is 21.7. The Labute approximate surface area is 443 Å². The maximum atomic E-state index is 12.9. The SMILES string of the molecule is CCCCCCCC/C=C\CCCCCCCCCC(=O)OCC(COC(=O)CCCCCCCCC/C=C\CCCCCCCCC)OC(=O)CCCCCCCCCCCCCCCCCCCC. The van der Waals surface area contributed by atoms with Gasteiger partial charge in [-0.3, -0.25) is 14.4 Å². The Balaban J connectivity index is 4.33. The van der Waals surface area contributed by atoms with Gasteiger partial charge in [-0.2, -0.15) is 0 Å². The maximum Gasteiger partial charge on any atom is 0.306 e. The summed E-state index contributed by atoms with van der Waals surface area (Å²) in [5, 5.41) is 0. The van der Waals surface area contributed by atoms with E-state index in [9.17, 15) is 14.4 Å². The lowest BCUT2D eigenvalue weighted by atomic mass is 10.0. The highest BCUT2D eigenvalue weighted by Gasteiger charge is 2.19. The third-order valence-corrected chi connectivity index (χ3v) is 14.4. The summed E-state index contributed by atoms with van der Waals surface area (Å²) >= 11 is 0. The van der Waals surface area contributed by atoms with Gasteiger partial charge in [-0.1, -0.05) is 289 Å². The van der Waals surface area contributed by atoms with E-state index in [-0.39, 0.29) is 31.1 Å². The first-order valence-electron chi connectivity index (χ1n) is 31.8. The predicted molar refractivity (Wildman–Crippen MR) is 307 cm³/mol. The molecule has 0 heterocycles. The standard InChI is InChI=1S/C65H122O6/c1-4-7-10-13-16-19-22-25-28-31-34-37-40-43-46-49-52-55-58-64(67)70-61-62(60-69-63(66)57-54-51-48-45-42-39-36-33-30-27-24-21-18-15-12-9-6-3)71-65(68)59-56-53-50-47-44-41-38-35-32-29-26-23-20-17-14-11-8-5-2/h27-28,30-31,62H,4-26,29,32-61H2,1-3H3/b30-27-,31-28-. The molecule has 0 fully saturated rings. The van der Waals surface area contributed by atoms with Crippen molar-refractivity contribution >= 4 is 17.9 Å². The van der Waals surface area contributed by atoms with Gasteiger partial charge in [0.15, 0.2) is 6.10 Å². The van der Waals surface area contributed by atoms with Gasteiger partial charge in [0, 0.05) is 19.3 Å². The van der Waals surface area contributed by atoms with Crippen molar-refractivity contribution < 1.29 is 28.6 Å². The molecule has 6 nitrogen and oxygen atoms in total. The fourth-order valence-corrected chi connectivity index (χ4v) is 9.61. The van der Waals surface area contributed by atoms with Gasteiger partial charge in [0.1, 0.15) is 13.2 Å². The van der Waals surface area contributed by atoms with Crippen LogP contribution in [0.15, 0.2) is 24.3 Å². The van der Waals surface area contributed by atoms with E-state index < -0.39 is 6.10 Å². The lowest BCUT2D eigenvalue weighted by molar-refractivity contribution is -0.167. The number of hydrogen-bond donors (Lipinski definition) is 0. The molecule has 0 spiro atoms.